The van der Waals surface area contributed by atoms with Crippen LogP contribution >= 0.6 is 0 Å². The zero-order chi connectivity index (χ0) is 16.0. The molecule has 116 valence electrons. The first-order valence-corrected chi connectivity index (χ1v) is 7.27. The largest absolute Gasteiger partial charge is 0.393 e. The lowest BCUT2D eigenvalue weighted by atomic mass is 10.1. The number of nitrogen functional groups attached to an aromatic ring is 1. The van der Waals surface area contributed by atoms with Gasteiger partial charge in [-0.3, -0.25) is 14.9 Å². The number of carbonyl (C=O) groups excluding carboxylic acids is 1. The smallest absolute Gasteiger partial charge is 0.292 e. The van der Waals surface area contributed by atoms with E-state index in [1.54, 1.807) is 11.0 Å². The Kier molecular flexibility index (Phi) is 6.14. The Morgan fingerprint density at radius 1 is 1.43 bits per heavy atom. The Labute approximate surface area is 125 Å². The lowest BCUT2D eigenvalue weighted by molar-refractivity contribution is -0.383. The van der Waals surface area contributed by atoms with Crippen molar-refractivity contribution in [2.24, 2.45) is 0 Å². The third kappa shape index (κ3) is 3.93. The second kappa shape index (κ2) is 7.61. The van der Waals surface area contributed by atoms with Gasteiger partial charge in [0.2, 0.25) is 0 Å². The molecular weight excluding hydrogens is 270 g/mol. The van der Waals surface area contributed by atoms with Crippen LogP contribution in [-0.4, -0.2) is 28.3 Å². The number of hydrogen-bond donors (Lipinski definition) is 1. The minimum Gasteiger partial charge on any atom is -0.393 e. The van der Waals surface area contributed by atoms with Crippen LogP contribution in [0.25, 0.3) is 0 Å². The maximum absolute atomic E-state index is 12.7. The summed E-state index contributed by atoms with van der Waals surface area (Å²) in [6.45, 7) is 6.67. The van der Waals surface area contributed by atoms with Crippen LogP contribution in [0.5, 0.6) is 0 Å². The van der Waals surface area contributed by atoms with Crippen molar-refractivity contribution in [1.82, 2.24) is 4.90 Å². The molecule has 0 saturated heterocycles. The van der Waals surface area contributed by atoms with E-state index in [9.17, 15) is 14.9 Å². The first-order valence-electron chi connectivity index (χ1n) is 7.27. The molecule has 1 rings (SSSR count). The maximum atomic E-state index is 12.7. The molecule has 0 aromatic heterocycles. The van der Waals surface area contributed by atoms with Gasteiger partial charge in [0.05, 0.1) is 10.5 Å². The van der Waals surface area contributed by atoms with Crippen molar-refractivity contribution in [3.05, 3.63) is 33.9 Å². The average Bonchev–Trinajstić information content (AvgIpc) is 2.46. The van der Waals surface area contributed by atoms with Gasteiger partial charge >= 0.3 is 0 Å². The Morgan fingerprint density at radius 3 is 2.62 bits per heavy atom. The molecule has 0 aliphatic heterocycles. The third-order valence-corrected chi connectivity index (χ3v) is 3.65. The quantitative estimate of drug-likeness (QED) is 0.475. The highest BCUT2D eigenvalue weighted by Crippen LogP contribution is 2.26. The van der Waals surface area contributed by atoms with Gasteiger partial charge in [0.25, 0.3) is 11.6 Å². The van der Waals surface area contributed by atoms with E-state index < -0.39 is 4.92 Å². The number of nitrogens with two attached hydrogens (primary N) is 1. The van der Waals surface area contributed by atoms with E-state index in [-0.39, 0.29) is 28.9 Å². The van der Waals surface area contributed by atoms with Gasteiger partial charge in [-0.2, -0.15) is 0 Å². The van der Waals surface area contributed by atoms with E-state index in [4.69, 9.17) is 5.73 Å². The second-order valence-corrected chi connectivity index (χ2v) is 5.10. The second-order valence-electron chi connectivity index (χ2n) is 5.10. The van der Waals surface area contributed by atoms with Crippen molar-refractivity contribution in [3.8, 4) is 0 Å². The minimum absolute atomic E-state index is 0.0581. The van der Waals surface area contributed by atoms with Crippen molar-refractivity contribution in [3.63, 3.8) is 0 Å². The zero-order valence-electron chi connectivity index (χ0n) is 12.8. The van der Waals surface area contributed by atoms with Crippen LogP contribution in [0, 0.1) is 10.1 Å². The van der Waals surface area contributed by atoms with E-state index in [2.05, 4.69) is 6.92 Å². The molecule has 0 bridgehead atoms. The SMILES string of the molecule is CCCCN(C(=O)c1cccc([N+](=O)[O-])c1N)C(C)CC. The third-order valence-electron chi connectivity index (χ3n) is 3.65. The summed E-state index contributed by atoms with van der Waals surface area (Å²) in [5.41, 5.74) is 5.73. The van der Waals surface area contributed by atoms with Crippen molar-refractivity contribution < 1.29 is 9.72 Å². The Balaban J connectivity index is 3.14. The monoisotopic (exact) mass is 293 g/mol. The first kappa shape index (κ1) is 16.9. The van der Waals surface area contributed by atoms with Crippen LogP contribution < -0.4 is 5.73 Å². The number of benzene rings is 1. The summed E-state index contributed by atoms with van der Waals surface area (Å²) in [4.78, 5) is 24.8. The van der Waals surface area contributed by atoms with Gasteiger partial charge in [-0.25, -0.2) is 0 Å². The van der Waals surface area contributed by atoms with Crippen LogP contribution in [0.1, 0.15) is 50.4 Å². The number of anilines is 1. The number of carbonyl (C=O) groups is 1. The molecule has 0 radical (unpaired) electrons. The summed E-state index contributed by atoms with van der Waals surface area (Å²) < 4.78 is 0. The summed E-state index contributed by atoms with van der Waals surface area (Å²) in [5.74, 6) is -0.237. The standard InChI is InChI=1S/C15H23N3O3/c1-4-6-10-17(11(3)5-2)15(19)12-8-7-9-13(14(12)16)18(20)21/h7-9,11H,4-6,10,16H2,1-3H3. The van der Waals surface area contributed by atoms with Gasteiger partial charge in [0, 0.05) is 18.7 Å². The van der Waals surface area contributed by atoms with E-state index in [1.807, 2.05) is 13.8 Å². The number of para-hydroxylation sites is 1. The first-order chi connectivity index (χ1) is 9.93. The molecule has 21 heavy (non-hydrogen) atoms. The number of hydrogen-bond acceptors (Lipinski definition) is 4. The van der Waals surface area contributed by atoms with E-state index in [0.29, 0.717) is 6.54 Å². The van der Waals surface area contributed by atoms with Crippen LogP contribution in [0.15, 0.2) is 18.2 Å². The van der Waals surface area contributed by atoms with Crippen LogP contribution in [0.2, 0.25) is 0 Å². The number of nitro groups is 1. The van der Waals surface area contributed by atoms with E-state index >= 15 is 0 Å². The molecule has 6 nitrogen and oxygen atoms in total. The number of amides is 1. The summed E-state index contributed by atoms with van der Waals surface area (Å²) in [6.07, 6.45) is 2.69. The molecule has 0 spiro atoms. The summed E-state index contributed by atoms with van der Waals surface area (Å²) in [7, 11) is 0. The molecule has 0 aliphatic carbocycles. The van der Waals surface area contributed by atoms with Gasteiger partial charge in [0.15, 0.2) is 0 Å². The normalized spacial score (nSPS) is 12.0. The van der Waals surface area contributed by atoms with Gasteiger partial charge in [-0.1, -0.05) is 26.3 Å². The van der Waals surface area contributed by atoms with E-state index in [1.165, 1.54) is 12.1 Å². The fraction of sp³-hybridized carbons (Fsp3) is 0.533. The fourth-order valence-corrected chi connectivity index (χ4v) is 2.12. The number of rotatable bonds is 7. The maximum Gasteiger partial charge on any atom is 0.292 e. The van der Waals surface area contributed by atoms with Crippen molar-refractivity contribution in [2.45, 2.75) is 46.1 Å². The lowest BCUT2D eigenvalue weighted by Gasteiger charge is -2.29. The highest BCUT2D eigenvalue weighted by atomic mass is 16.6. The molecule has 1 atom stereocenters. The summed E-state index contributed by atoms with van der Waals surface area (Å²) in [5, 5.41) is 10.9. The van der Waals surface area contributed by atoms with Gasteiger partial charge in [-0.05, 0) is 25.8 Å². The molecule has 1 amide bonds. The predicted octanol–water partition coefficient (Wildman–Crippen LogP) is 3.22. The average molecular weight is 293 g/mol. The Bertz CT molecular complexity index is 517. The molecule has 0 fully saturated rings. The van der Waals surface area contributed by atoms with Crippen molar-refractivity contribution in [1.29, 1.82) is 0 Å². The van der Waals surface area contributed by atoms with Crippen molar-refractivity contribution >= 4 is 17.3 Å². The van der Waals surface area contributed by atoms with Gasteiger partial charge in [-0.15, -0.1) is 0 Å². The lowest BCUT2D eigenvalue weighted by Crippen LogP contribution is -2.39. The molecule has 1 aromatic carbocycles. The Hall–Kier alpha value is -2.11. The van der Waals surface area contributed by atoms with Crippen LogP contribution in [0.4, 0.5) is 11.4 Å². The molecule has 1 unspecified atom stereocenters. The molecule has 6 heteroatoms. The summed E-state index contributed by atoms with van der Waals surface area (Å²) in [6, 6.07) is 4.43. The van der Waals surface area contributed by atoms with Gasteiger partial charge < -0.3 is 10.6 Å². The predicted molar refractivity (Wildman–Crippen MR) is 83.2 cm³/mol. The minimum atomic E-state index is -0.564. The topological polar surface area (TPSA) is 89.5 Å². The van der Waals surface area contributed by atoms with Crippen LogP contribution in [0.3, 0.4) is 0 Å². The van der Waals surface area contributed by atoms with Crippen LogP contribution in [-0.2, 0) is 0 Å². The zero-order valence-corrected chi connectivity index (χ0v) is 12.8. The van der Waals surface area contributed by atoms with E-state index in [0.717, 1.165) is 19.3 Å². The Morgan fingerprint density at radius 2 is 2.10 bits per heavy atom. The molecule has 0 heterocycles. The number of unbranched alkanes of at least 4 members (excludes halogenated alkanes) is 1. The highest BCUT2D eigenvalue weighted by molar-refractivity contribution is 6.01. The molecule has 1 aromatic rings. The number of nitro benzene ring substituents is 1. The molecule has 0 saturated carbocycles. The summed E-state index contributed by atoms with van der Waals surface area (Å²) >= 11 is 0. The number of nitrogens with zero attached hydrogens (tertiary/aromatic N) is 2. The highest BCUT2D eigenvalue weighted by Gasteiger charge is 2.25. The van der Waals surface area contributed by atoms with Crippen molar-refractivity contribution in [2.75, 3.05) is 12.3 Å². The fourth-order valence-electron chi connectivity index (χ4n) is 2.12. The molecule has 2 N–H and O–H groups in total. The van der Waals surface area contributed by atoms with Gasteiger partial charge in [0.1, 0.15) is 5.69 Å². The molecular formula is C15H23N3O3. The molecule has 0 aliphatic rings.